The first-order valence-corrected chi connectivity index (χ1v) is 6.23. The Bertz CT molecular complexity index is 242. The van der Waals surface area contributed by atoms with Gasteiger partial charge in [0.1, 0.15) is 0 Å². The minimum atomic E-state index is -0.226. The van der Waals surface area contributed by atoms with Gasteiger partial charge in [0, 0.05) is 13.1 Å². The van der Waals surface area contributed by atoms with Crippen molar-refractivity contribution in [2.45, 2.75) is 45.1 Å². The maximum atomic E-state index is 11.8. The van der Waals surface area contributed by atoms with E-state index in [1.54, 1.807) is 0 Å². The van der Waals surface area contributed by atoms with Gasteiger partial charge in [0.25, 0.3) is 0 Å². The number of rotatable bonds is 2. The fraction of sp³-hybridized carbons (Fsp3) is 0.917. The van der Waals surface area contributed by atoms with Crippen molar-refractivity contribution < 1.29 is 4.79 Å². The summed E-state index contributed by atoms with van der Waals surface area (Å²) in [6.07, 6.45) is 5.91. The maximum absolute atomic E-state index is 11.8. The van der Waals surface area contributed by atoms with Gasteiger partial charge in [-0.3, -0.25) is 4.79 Å². The van der Waals surface area contributed by atoms with Crippen LogP contribution in [-0.4, -0.2) is 29.9 Å². The maximum Gasteiger partial charge on any atom is 0.239 e. The SMILES string of the molecule is CC1CCCC1CN1CCCC(N)C1=O. The highest BCUT2D eigenvalue weighted by atomic mass is 16.2. The van der Waals surface area contributed by atoms with Gasteiger partial charge in [0.2, 0.25) is 5.91 Å². The summed E-state index contributed by atoms with van der Waals surface area (Å²) >= 11 is 0. The summed E-state index contributed by atoms with van der Waals surface area (Å²) in [4.78, 5) is 13.8. The van der Waals surface area contributed by atoms with Crippen LogP contribution in [0.4, 0.5) is 0 Å². The molecule has 3 heteroatoms. The highest BCUT2D eigenvalue weighted by molar-refractivity contribution is 5.82. The molecule has 0 radical (unpaired) electrons. The van der Waals surface area contributed by atoms with Crippen molar-refractivity contribution in [1.82, 2.24) is 4.90 Å². The summed E-state index contributed by atoms with van der Waals surface area (Å²) in [5, 5.41) is 0. The second kappa shape index (κ2) is 4.52. The Morgan fingerprint density at radius 1 is 1.33 bits per heavy atom. The van der Waals surface area contributed by atoms with Gasteiger partial charge in [-0.2, -0.15) is 0 Å². The zero-order valence-corrected chi connectivity index (χ0v) is 9.61. The minimum absolute atomic E-state index is 0.181. The normalized spacial score (nSPS) is 37.3. The standard InChI is InChI=1S/C12H22N2O/c1-9-4-2-5-10(9)8-14-7-3-6-11(13)12(14)15/h9-11H,2-8,13H2,1H3. The second-order valence-electron chi connectivity index (χ2n) is 5.20. The lowest BCUT2D eigenvalue weighted by atomic mass is 9.96. The van der Waals surface area contributed by atoms with Gasteiger partial charge in [-0.05, 0) is 31.1 Å². The van der Waals surface area contributed by atoms with Crippen LogP contribution in [0.1, 0.15) is 39.0 Å². The zero-order chi connectivity index (χ0) is 10.8. The van der Waals surface area contributed by atoms with E-state index in [0.29, 0.717) is 0 Å². The van der Waals surface area contributed by atoms with Crippen LogP contribution in [0, 0.1) is 11.8 Å². The number of nitrogens with two attached hydrogens (primary N) is 1. The second-order valence-corrected chi connectivity index (χ2v) is 5.20. The van der Waals surface area contributed by atoms with Crippen molar-refractivity contribution in [3.8, 4) is 0 Å². The fourth-order valence-electron chi connectivity index (χ4n) is 2.93. The number of nitrogens with zero attached hydrogens (tertiary/aromatic N) is 1. The molecule has 0 aromatic carbocycles. The highest BCUT2D eigenvalue weighted by Gasteiger charge is 2.31. The van der Waals surface area contributed by atoms with Gasteiger partial charge >= 0.3 is 0 Å². The van der Waals surface area contributed by atoms with E-state index >= 15 is 0 Å². The number of carbonyl (C=O) groups excluding carboxylic acids is 1. The molecule has 3 unspecified atom stereocenters. The lowest BCUT2D eigenvalue weighted by Crippen LogP contribution is -2.49. The van der Waals surface area contributed by atoms with Crippen LogP contribution >= 0.6 is 0 Å². The van der Waals surface area contributed by atoms with Crippen molar-refractivity contribution in [3.63, 3.8) is 0 Å². The first-order valence-electron chi connectivity index (χ1n) is 6.23. The van der Waals surface area contributed by atoms with Crippen molar-refractivity contribution in [3.05, 3.63) is 0 Å². The largest absolute Gasteiger partial charge is 0.341 e. The van der Waals surface area contributed by atoms with E-state index < -0.39 is 0 Å². The van der Waals surface area contributed by atoms with Crippen molar-refractivity contribution in [2.24, 2.45) is 17.6 Å². The molecule has 1 aliphatic carbocycles. The van der Waals surface area contributed by atoms with E-state index in [0.717, 1.165) is 37.8 Å². The summed E-state index contributed by atoms with van der Waals surface area (Å²) in [6.45, 7) is 4.19. The van der Waals surface area contributed by atoms with Gasteiger partial charge in [-0.1, -0.05) is 19.8 Å². The monoisotopic (exact) mass is 210 g/mol. The summed E-state index contributed by atoms with van der Waals surface area (Å²) in [7, 11) is 0. The third kappa shape index (κ3) is 2.33. The highest BCUT2D eigenvalue weighted by Crippen LogP contribution is 2.32. The van der Waals surface area contributed by atoms with E-state index in [9.17, 15) is 4.79 Å². The number of hydrogen-bond acceptors (Lipinski definition) is 2. The lowest BCUT2D eigenvalue weighted by Gasteiger charge is -2.33. The molecule has 0 spiro atoms. The lowest BCUT2D eigenvalue weighted by molar-refractivity contribution is -0.135. The first-order chi connectivity index (χ1) is 7.18. The molecule has 1 amide bonds. The molecule has 2 N–H and O–H groups in total. The van der Waals surface area contributed by atoms with Gasteiger partial charge in [0.15, 0.2) is 0 Å². The molecule has 86 valence electrons. The summed E-state index contributed by atoms with van der Waals surface area (Å²) in [5.74, 6) is 1.69. The molecule has 0 aromatic heterocycles. The molecule has 0 bridgehead atoms. The first kappa shape index (κ1) is 10.9. The van der Waals surface area contributed by atoms with Gasteiger partial charge < -0.3 is 10.6 Å². The van der Waals surface area contributed by atoms with Crippen LogP contribution in [-0.2, 0) is 4.79 Å². The number of carbonyl (C=O) groups is 1. The Labute approximate surface area is 92.0 Å². The zero-order valence-electron chi connectivity index (χ0n) is 9.61. The molecule has 0 aromatic rings. The van der Waals surface area contributed by atoms with Crippen LogP contribution < -0.4 is 5.73 Å². The molecule has 1 heterocycles. The number of piperidine rings is 1. The quantitative estimate of drug-likeness (QED) is 0.748. The Morgan fingerprint density at radius 3 is 2.80 bits per heavy atom. The van der Waals surface area contributed by atoms with Gasteiger partial charge in [-0.25, -0.2) is 0 Å². The number of amides is 1. The fourth-order valence-corrected chi connectivity index (χ4v) is 2.93. The molecule has 1 saturated carbocycles. The average Bonchev–Trinajstić information content (AvgIpc) is 2.60. The average molecular weight is 210 g/mol. The van der Waals surface area contributed by atoms with Crippen LogP contribution in [0.15, 0.2) is 0 Å². The molecule has 1 aliphatic heterocycles. The molecular formula is C12H22N2O. The van der Waals surface area contributed by atoms with Crippen molar-refractivity contribution >= 4 is 5.91 Å². The molecule has 1 saturated heterocycles. The molecule has 3 atom stereocenters. The third-order valence-electron chi connectivity index (χ3n) is 4.07. The van der Waals surface area contributed by atoms with Crippen LogP contribution in [0.2, 0.25) is 0 Å². The Balaban J connectivity index is 1.90. The summed E-state index contributed by atoms with van der Waals surface area (Å²) in [6, 6.07) is -0.226. The molecule has 2 aliphatic rings. The van der Waals surface area contributed by atoms with Gasteiger partial charge in [-0.15, -0.1) is 0 Å². The number of hydrogen-bond donors (Lipinski definition) is 1. The molecule has 2 rings (SSSR count). The Morgan fingerprint density at radius 2 is 2.13 bits per heavy atom. The Hall–Kier alpha value is -0.570. The Kier molecular flexibility index (Phi) is 3.29. The van der Waals surface area contributed by atoms with E-state index in [4.69, 9.17) is 5.73 Å². The summed E-state index contributed by atoms with van der Waals surface area (Å²) in [5.41, 5.74) is 5.79. The predicted molar refractivity (Wildman–Crippen MR) is 60.3 cm³/mol. The molecular weight excluding hydrogens is 188 g/mol. The van der Waals surface area contributed by atoms with Gasteiger partial charge in [0.05, 0.1) is 6.04 Å². The van der Waals surface area contributed by atoms with E-state index in [1.165, 1.54) is 19.3 Å². The molecule has 15 heavy (non-hydrogen) atoms. The van der Waals surface area contributed by atoms with E-state index in [1.807, 2.05) is 4.90 Å². The molecule has 3 nitrogen and oxygen atoms in total. The van der Waals surface area contributed by atoms with Crippen LogP contribution in [0.3, 0.4) is 0 Å². The van der Waals surface area contributed by atoms with E-state index in [2.05, 4.69) is 6.92 Å². The topological polar surface area (TPSA) is 46.3 Å². The third-order valence-corrected chi connectivity index (χ3v) is 4.07. The summed E-state index contributed by atoms with van der Waals surface area (Å²) < 4.78 is 0. The van der Waals surface area contributed by atoms with Crippen LogP contribution in [0.5, 0.6) is 0 Å². The van der Waals surface area contributed by atoms with Crippen molar-refractivity contribution in [1.29, 1.82) is 0 Å². The predicted octanol–water partition coefficient (Wildman–Crippen LogP) is 1.37. The number of likely N-dealkylation sites (tertiary alicyclic amines) is 1. The minimum Gasteiger partial charge on any atom is -0.341 e. The van der Waals surface area contributed by atoms with Crippen LogP contribution in [0.25, 0.3) is 0 Å². The van der Waals surface area contributed by atoms with E-state index in [-0.39, 0.29) is 11.9 Å². The van der Waals surface area contributed by atoms with Crippen molar-refractivity contribution in [2.75, 3.05) is 13.1 Å². The molecule has 2 fully saturated rings. The smallest absolute Gasteiger partial charge is 0.239 e.